The molecule has 1 aliphatic rings. The van der Waals surface area contributed by atoms with Gasteiger partial charge in [0.1, 0.15) is 5.75 Å². The van der Waals surface area contributed by atoms with Crippen molar-refractivity contribution < 1.29 is 4.74 Å². The highest BCUT2D eigenvalue weighted by molar-refractivity contribution is 5.95. The van der Waals surface area contributed by atoms with E-state index < -0.39 is 0 Å². The number of ether oxygens (including phenoxy) is 1. The maximum Gasteiger partial charge on any atom is 0.348 e. The lowest BCUT2D eigenvalue weighted by Gasteiger charge is -2.25. The van der Waals surface area contributed by atoms with Gasteiger partial charge in [0.2, 0.25) is 0 Å². The number of fused-ring (bicyclic) bond motifs is 3. The minimum absolute atomic E-state index is 0.350. The van der Waals surface area contributed by atoms with E-state index in [9.17, 15) is 4.79 Å². The smallest absolute Gasteiger partial charge is 0.348 e. The Morgan fingerprint density at radius 3 is 2.96 bits per heavy atom. The van der Waals surface area contributed by atoms with E-state index in [-0.39, 0.29) is 5.69 Å². The molecule has 0 spiro atoms. The van der Waals surface area contributed by atoms with Gasteiger partial charge in [0.05, 0.1) is 30.4 Å². The number of H-pyrrole nitrogens is 1. The molecule has 0 atom stereocenters. The summed E-state index contributed by atoms with van der Waals surface area (Å²) in [6.07, 6.45) is 7.27. The maximum atomic E-state index is 12.4. The molecule has 1 aliphatic carbocycles. The molecule has 8 heteroatoms. The number of aromatic nitrogens is 6. The van der Waals surface area contributed by atoms with Gasteiger partial charge in [0.15, 0.2) is 11.5 Å². The molecule has 4 aromatic rings. The lowest BCUT2D eigenvalue weighted by atomic mass is 9.93. The van der Waals surface area contributed by atoms with Crippen LogP contribution in [-0.2, 0) is 0 Å². The van der Waals surface area contributed by atoms with E-state index in [1.165, 1.54) is 10.9 Å². The van der Waals surface area contributed by atoms with Crippen LogP contribution < -0.4 is 10.4 Å². The largest absolute Gasteiger partial charge is 0.495 e. The van der Waals surface area contributed by atoms with Crippen molar-refractivity contribution in [2.24, 2.45) is 0 Å². The molecular weight excluding hydrogens is 320 g/mol. The highest BCUT2D eigenvalue weighted by Gasteiger charge is 2.21. The van der Waals surface area contributed by atoms with Crippen LogP contribution in [0.1, 0.15) is 25.3 Å². The van der Waals surface area contributed by atoms with Crippen LogP contribution in [-0.4, -0.2) is 36.5 Å². The van der Waals surface area contributed by atoms with Gasteiger partial charge < -0.3 is 9.72 Å². The summed E-state index contributed by atoms with van der Waals surface area (Å²) in [6.45, 7) is 0. The third-order valence-electron chi connectivity index (χ3n) is 4.83. The zero-order valence-corrected chi connectivity index (χ0v) is 13.6. The van der Waals surface area contributed by atoms with Crippen LogP contribution in [0, 0.1) is 0 Å². The number of para-hydroxylation sites is 1. The van der Waals surface area contributed by atoms with Gasteiger partial charge >= 0.3 is 5.69 Å². The quantitative estimate of drug-likeness (QED) is 0.619. The number of methoxy groups -OCH3 is 1. The molecule has 0 amide bonds. The minimum Gasteiger partial charge on any atom is -0.495 e. The second kappa shape index (κ2) is 5.17. The molecule has 0 unspecified atom stereocenters. The molecule has 5 rings (SSSR count). The molecule has 3 aromatic heterocycles. The van der Waals surface area contributed by atoms with Gasteiger partial charge in [-0.25, -0.2) is 9.78 Å². The number of rotatable bonds is 3. The first-order valence-electron chi connectivity index (χ1n) is 8.25. The van der Waals surface area contributed by atoms with E-state index in [4.69, 9.17) is 4.74 Å². The second-order valence-corrected chi connectivity index (χ2v) is 6.28. The summed E-state index contributed by atoms with van der Waals surface area (Å²) in [4.78, 5) is 19.8. The average molecular weight is 336 g/mol. The topological polar surface area (TPSA) is 90.1 Å². The Morgan fingerprint density at radius 2 is 2.20 bits per heavy atom. The van der Waals surface area contributed by atoms with Gasteiger partial charge in [0, 0.05) is 11.6 Å². The molecule has 25 heavy (non-hydrogen) atoms. The summed E-state index contributed by atoms with van der Waals surface area (Å²) < 4.78 is 8.59. The number of aromatic amines is 1. The van der Waals surface area contributed by atoms with Crippen LogP contribution in [0.4, 0.5) is 0 Å². The second-order valence-electron chi connectivity index (χ2n) is 6.28. The molecule has 1 fully saturated rings. The molecule has 0 radical (unpaired) electrons. The lowest BCUT2D eigenvalue weighted by Crippen LogP contribution is -2.17. The maximum absolute atomic E-state index is 12.4. The van der Waals surface area contributed by atoms with E-state index in [0.29, 0.717) is 28.8 Å². The first kappa shape index (κ1) is 14.2. The molecule has 1 aromatic carbocycles. The normalized spacial score (nSPS) is 14.9. The standard InChI is InChI=1S/C17H16N6O2/c1-25-13-7-3-6-12-14(13)19-17(24)23-16(12)20-15(21-23)10-8-18-22(9-10)11-4-2-5-11/h3,6-9,11H,2,4-5H2,1H3,(H,19,24). The van der Waals surface area contributed by atoms with Crippen LogP contribution in [0.2, 0.25) is 0 Å². The zero-order chi connectivity index (χ0) is 17.0. The van der Waals surface area contributed by atoms with Crippen LogP contribution >= 0.6 is 0 Å². The number of benzene rings is 1. The van der Waals surface area contributed by atoms with Gasteiger partial charge in [0.25, 0.3) is 0 Å². The van der Waals surface area contributed by atoms with Gasteiger partial charge in [-0.3, -0.25) is 4.68 Å². The highest BCUT2D eigenvalue weighted by atomic mass is 16.5. The van der Waals surface area contributed by atoms with Crippen molar-refractivity contribution >= 4 is 16.6 Å². The SMILES string of the molecule is COc1cccc2c1[nH]c(=O)n1nc(-c3cnn(C4CCC4)c3)nc21. The fourth-order valence-electron chi connectivity index (χ4n) is 3.23. The summed E-state index contributed by atoms with van der Waals surface area (Å²) >= 11 is 0. The van der Waals surface area contributed by atoms with E-state index in [1.807, 2.05) is 23.0 Å². The third-order valence-corrected chi connectivity index (χ3v) is 4.83. The van der Waals surface area contributed by atoms with Gasteiger partial charge in [-0.1, -0.05) is 6.07 Å². The van der Waals surface area contributed by atoms with E-state index in [1.54, 1.807) is 19.4 Å². The summed E-state index contributed by atoms with van der Waals surface area (Å²) in [5.41, 5.74) is 1.58. The van der Waals surface area contributed by atoms with Crippen molar-refractivity contribution in [1.29, 1.82) is 0 Å². The first-order valence-corrected chi connectivity index (χ1v) is 8.25. The van der Waals surface area contributed by atoms with Crippen molar-refractivity contribution in [1.82, 2.24) is 29.4 Å². The Labute approximate surface area is 142 Å². The Balaban J connectivity index is 1.70. The third kappa shape index (κ3) is 2.07. The predicted octanol–water partition coefficient (Wildman–Crippen LogP) is 2.17. The van der Waals surface area contributed by atoms with E-state index >= 15 is 0 Å². The molecule has 0 bridgehead atoms. The number of nitrogens with zero attached hydrogens (tertiary/aromatic N) is 5. The minimum atomic E-state index is -0.350. The fraction of sp³-hybridized carbons (Fsp3) is 0.294. The fourth-order valence-corrected chi connectivity index (χ4v) is 3.23. The highest BCUT2D eigenvalue weighted by Crippen LogP contribution is 2.32. The summed E-state index contributed by atoms with van der Waals surface area (Å²) in [5.74, 6) is 1.09. The monoisotopic (exact) mass is 336 g/mol. The molecule has 0 saturated heterocycles. The Bertz CT molecular complexity index is 1150. The zero-order valence-electron chi connectivity index (χ0n) is 13.6. The molecule has 126 valence electrons. The molecule has 1 saturated carbocycles. The van der Waals surface area contributed by atoms with Gasteiger partial charge in [-0.05, 0) is 31.4 Å². The molecule has 1 N–H and O–H groups in total. The van der Waals surface area contributed by atoms with Crippen molar-refractivity contribution in [2.45, 2.75) is 25.3 Å². The lowest BCUT2D eigenvalue weighted by molar-refractivity contribution is 0.289. The molecule has 3 heterocycles. The number of nitrogens with one attached hydrogen (secondary N) is 1. The Morgan fingerprint density at radius 1 is 1.32 bits per heavy atom. The van der Waals surface area contributed by atoms with Crippen LogP contribution in [0.25, 0.3) is 27.9 Å². The van der Waals surface area contributed by atoms with Gasteiger partial charge in [-0.2, -0.15) is 9.61 Å². The first-order chi connectivity index (χ1) is 12.2. The Kier molecular flexibility index (Phi) is 2.94. The van der Waals surface area contributed by atoms with Gasteiger partial charge in [-0.15, -0.1) is 5.10 Å². The van der Waals surface area contributed by atoms with Crippen molar-refractivity contribution in [3.8, 4) is 17.1 Å². The molecule has 8 nitrogen and oxygen atoms in total. The van der Waals surface area contributed by atoms with Crippen LogP contribution in [0.5, 0.6) is 5.75 Å². The summed E-state index contributed by atoms with van der Waals surface area (Å²) in [5, 5.41) is 9.57. The summed E-state index contributed by atoms with van der Waals surface area (Å²) in [7, 11) is 1.57. The van der Waals surface area contributed by atoms with E-state index in [2.05, 4.69) is 20.2 Å². The number of hydrogen-bond acceptors (Lipinski definition) is 5. The van der Waals surface area contributed by atoms with E-state index in [0.717, 1.165) is 23.8 Å². The van der Waals surface area contributed by atoms with Crippen LogP contribution in [0.15, 0.2) is 35.4 Å². The molecular formula is C17H16N6O2. The average Bonchev–Trinajstić information content (AvgIpc) is 3.20. The number of hydrogen-bond donors (Lipinski definition) is 1. The molecule has 0 aliphatic heterocycles. The Hall–Kier alpha value is -3.16. The van der Waals surface area contributed by atoms with Crippen molar-refractivity contribution in [3.05, 3.63) is 41.1 Å². The van der Waals surface area contributed by atoms with Crippen LogP contribution in [0.3, 0.4) is 0 Å². The van der Waals surface area contributed by atoms with Crippen molar-refractivity contribution in [2.75, 3.05) is 7.11 Å². The summed E-state index contributed by atoms with van der Waals surface area (Å²) in [6, 6.07) is 6.02. The van der Waals surface area contributed by atoms with Crippen molar-refractivity contribution in [3.63, 3.8) is 0 Å². The predicted molar refractivity (Wildman–Crippen MR) is 91.8 cm³/mol.